The molecule has 0 spiro atoms. The molecule has 2 heteroatoms. The minimum absolute atomic E-state index is 0. The zero-order valence-electron chi connectivity index (χ0n) is 18.2. The fraction of sp³-hybridized carbons (Fsp3) is 1.00. The van der Waals surface area contributed by atoms with Crippen molar-refractivity contribution in [1.82, 2.24) is 0 Å². The van der Waals surface area contributed by atoms with Crippen molar-refractivity contribution >= 4 is 0 Å². The zero-order chi connectivity index (χ0) is 17.9. The van der Waals surface area contributed by atoms with Crippen LogP contribution in [0.15, 0.2) is 0 Å². The predicted molar refractivity (Wildman–Crippen MR) is 111 cm³/mol. The molecule has 0 amide bonds. The summed E-state index contributed by atoms with van der Waals surface area (Å²) in [6.45, 7) is 12.1. The maximum absolute atomic E-state index is 2.56. The Morgan fingerprint density at radius 2 is 0.880 bits per heavy atom. The Labute approximate surface area is 166 Å². The Morgan fingerprint density at radius 3 is 1.28 bits per heavy atom. The van der Waals surface area contributed by atoms with E-state index in [1.54, 1.807) is 0 Å². The van der Waals surface area contributed by atoms with E-state index in [2.05, 4.69) is 33.0 Å². The van der Waals surface area contributed by atoms with Crippen LogP contribution in [0.4, 0.5) is 0 Å². The highest BCUT2D eigenvalue weighted by Gasteiger charge is 2.08. The maximum Gasteiger partial charge on any atom is 0.0755 e. The second-order valence-corrected chi connectivity index (χ2v) is 9.13. The number of quaternary nitrogens is 1. The lowest BCUT2D eigenvalue weighted by Gasteiger charge is -2.17. The average Bonchev–Trinajstić information content (AvgIpc) is 2.52. The van der Waals surface area contributed by atoms with Gasteiger partial charge in [0.15, 0.2) is 0 Å². The van der Waals surface area contributed by atoms with Crippen molar-refractivity contribution in [1.29, 1.82) is 0 Å². The van der Waals surface area contributed by atoms with Crippen molar-refractivity contribution in [3.8, 4) is 0 Å². The lowest BCUT2D eigenvalue weighted by Crippen LogP contribution is -3.00. The molecule has 0 heterocycles. The third kappa shape index (κ3) is 26.6. The third-order valence-electron chi connectivity index (χ3n) is 5.10. The first-order valence-electron chi connectivity index (χ1n) is 11.4. The summed E-state index contributed by atoms with van der Waals surface area (Å²) in [5, 5.41) is 2.56. The normalized spacial score (nSPS) is 11.5. The average molecular weight is 376 g/mol. The van der Waals surface area contributed by atoms with E-state index in [4.69, 9.17) is 0 Å². The van der Waals surface area contributed by atoms with Crippen LogP contribution in [0.3, 0.4) is 0 Å². The van der Waals surface area contributed by atoms with Crippen LogP contribution in [0.1, 0.15) is 130 Å². The fourth-order valence-corrected chi connectivity index (χ4v) is 3.39. The lowest BCUT2D eigenvalue weighted by molar-refractivity contribution is -0.655. The fourth-order valence-electron chi connectivity index (χ4n) is 3.39. The van der Waals surface area contributed by atoms with Crippen molar-refractivity contribution in [2.45, 2.75) is 130 Å². The summed E-state index contributed by atoms with van der Waals surface area (Å²) in [7, 11) is 0. The van der Waals surface area contributed by atoms with Gasteiger partial charge in [0.1, 0.15) is 0 Å². The number of hydrogen-bond donors (Lipinski definition) is 1. The van der Waals surface area contributed by atoms with Gasteiger partial charge in [0.25, 0.3) is 0 Å². The molecule has 2 N–H and O–H groups in total. The van der Waals surface area contributed by atoms with Crippen LogP contribution in [0.2, 0.25) is 0 Å². The molecule has 0 radical (unpaired) electrons. The summed E-state index contributed by atoms with van der Waals surface area (Å²) >= 11 is 0. The Kier molecular flexibility index (Phi) is 22.6. The first-order valence-corrected chi connectivity index (χ1v) is 11.4. The Hall–Kier alpha value is 0.250. The molecule has 25 heavy (non-hydrogen) atoms. The summed E-state index contributed by atoms with van der Waals surface area (Å²) in [5.41, 5.74) is 0.533. The molecule has 0 aliphatic carbocycles. The summed E-state index contributed by atoms with van der Waals surface area (Å²) in [4.78, 5) is 0. The highest BCUT2D eigenvalue weighted by Crippen LogP contribution is 2.22. The summed E-state index contributed by atoms with van der Waals surface area (Å²) < 4.78 is 0. The molecule has 1 nitrogen and oxygen atoms in total. The van der Waals surface area contributed by atoms with Gasteiger partial charge in [-0.1, -0.05) is 98.3 Å². The van der Waals surface area contributed by atoms with Gasteiger partial charge in [0, 0.05) is 0 Å². The predicted octanol–water partition coefficient (Wildman–Crippen LogP) is 3.86. The van der Waals surface area contributed by atoms with Crippen molar-refractivity contribution in [3.63, 3.8) is 0 Å². The molecule has 154 valence electrons. The number of halogens is 1. The minimum Gasteiger partial charge on any atom is -1.00 e. The van der Waals surface area contributed by atoms with Gasteiger partial charge in [-0.25, -0.2) is 0 Å². The van der Waals surface area contributed by atoms with Gasteiger partial charge < -0.3 is 17.7 Å². The van der Waals surface area contributed by atoms with Crippen molar-refractivity contribution < 1.29 is 17.7 Å². The van der Waals surface area contributed by atoms with E-state index in [0.29, 0.717) is 5.41 Å². The van der Waals surface area contributed by atoms with E-state index in [0.717, 1.165) is 0 Å². The molecule has 0 saturated heterocycles. The first-order chi connectivity index (χ1) is 11.6. The molecule has 0 unspecified atom stereocenters. The van der Waals surface area contributed by atoms with Gasteiger partial charge in [-0.3, -0.25) is 0 Å². The molecule has 0 atom stereocenters. The second-order valence-electron chi connectivity index (χ2n) is 9.13. The highest BCUT2D eigenvalue weighted by molar-refractivity contribution is 4.61. The minimum atomic E-state index is 0. The standard InChI is InChI=1S/C23H49N.ClH/c1-5-6-7-8-9-12-15-18-21-24-22-19-16-13-10-11-14-17-20-23(2,3)4;/h24H,5-22H2,1-4H3;1H. The van der Waals surface area contributed by atoms with Crippen LogP contribution < -0.4 is 17.7 Å². The van der Waals surface area contributed by atoms with Gasteiger partial charge >= 0.3 is 0 Å². The largest absolute Gasteiger partial charge is 1.00 e. The molecular weight excluding hydrogens is 326 g/mol. The number of unbranched alkanes of at least 4 members (excludes halogenated alkanes) is 13. The lowest BCUT2D eigenvalue weighted by atomic mass is 9.89. The van der Waals surface area contributed by atoms with Crippen LogP contribution in [-0.4, -0.2) is 13.1 Å². The van der Waals surface area contributed by atoms with E-state index in [1.165, 1.54) is 116 Å². The van der Waals surface area contributed by atoms with Crippen LogP contribution in [0.5, 0.6) is 0 Å². The monoisotopic (exact) mass is 375 g/mol. The van der Waals surface area contributed by atoms with Crippen molar-refractivity contribution in [3.05, 3.63) is 0 Å². The van der Waals surface area contributed by atoms with Gasteiger partial charge in [-0.15, -0.1) is 0 Å². The summed E-state index contributed by atoms with van der Waals surface area (Å²) in [5.74, 6) is 0. The zero-order valence-corrected chi connectivity index (χ0v) is 18.9. The van der Waals surface area contributed by atoms with Gasteiger partial charge in [0.05, 0.1) is 13.1 Å². The smallest absolute Gasteiger partial charge is 0.0755 e. The Bertz CT molecular complexity index is 235. The molecular formula is C23H50ClN. The number of nitrogens with two attached hydrogens (primary N) is 1. The van der Waals surface area contributed by atoms with E-state index >= 15 is 0 Å². The molecule has 0 bridgehead atoms. The van der Waals surface area contributed by atoms with E-state index in [-0.39, 0.29) is 12.4 Å². The Balaban J connectivity index is 0. The summed E-state index contributed by atoms with van der Waals surface area (Å²) in [6, 6.07) is 0. The molecule has 0 aromatic carbocycles. The molecule has 0 aromatic heterocycles. The van der Waals surface area contributed by atoms with Gasteiger partial charge in [-0.05, 0) is 37.5 Å². The van der Waals surface area contributed by atoms with Crippen LogP contribution in [0, 0.1) is 5.41 Å². The van der Waals surface area contributed by atoms with Gasteiger partial charge in [-0.2, -0.15) is 0 Å². The van der Waals surface area contributed by atoms with E-state index < -0.39 is 0 Å². The molecule has 0 saturated carbocycles. The van der Waals surface area contributed by atoms with Crippen LogP contribution >= 0.6 is 0 Å². The van der Waals surface area contributed by atoms with Gasteiger partial charge in [0.2, 0.25) is 0 Å². The molecule has 0 aromatic rings. The second kappa shape index (κ2) is 20.6. The van der Waals surface area contributed by atoms with Crippen LogP contribution in [-0.2, 0) is 0 Å². The SMILES string of the molecule is CCCCCCCCCC[NH2+]CCCCCCCCCC(C)(C)C.[Cl-]. The topological polar surface area (TPSA) is 16.6 Å². The highest BCUT2D eigenvalue weighted by atomic mass is 35.5. The van der Waals surface area contributed by atoms with Crippen molar-refractivity contribution in [2.24, 2.45) is 5.41 Å². The molecule has 0 aliphatic rings. The third-order valence-corrected chi connectivity index (χ3v) is 5.10. The van der Waals surface area contributed by atoms with Crippen LogP contribution in [0.25, 0.3) is 0 Å². The van der Waals surface area contributed by atoms with Crippen molar-refractivity contribution in [2.75, 3.05) is 13.1 Å². The molecule has 0 rings (SSSR count). The first kappa shape index (κ1) is 27.5. The number of hydrogen-bond acceptors (Lipinski definition) is 0. The summed E-state index contributed by atoms with van der Waals surface area (Å²) in [6.07, 6.45) is 23.1. The maximum atomic E-state index is 2.56. The van der Waals surface area contributed by atoms with E-state index in [1.807, 2.05) is 0 Å². The molecule has 0 fully saturated rings. The molecule has 0 aliphatic heterocycles. The van der Waals surface area contributed by atoms with E-state index in [9.17, 15) is 0 Å². The quantitative estimate of drug-likeness (QED) is 0.350. The Morgan fingerprint density at radius 1 is 0.520 bits per heavy atom. The number of rotatable bonds is 18.